The number of aliphatic hydroxyl groups is 1. The minimum Gasteiger partial charge on any atom is -0.393 e. The van der Waals surface area contributed by atoms with Gasteiger partial charge in [-0.3, -0.25) is 4.79 Å². The first-order chi connectivity index (χ1) is 9.63. The Bertz CT molecular complexity index is 453. The van der Waals surface area contributed by atoms with Crippen molar-refractivity contribution in [2.24, 2.45) is 5.92 Å². The van der Waals surface area contributed by atoms with E-state index in [4.69, 9.17) is 0 Å². The van der Waals surface area contributed by atoms with Gasteiger partial charge in [-0.2, -0.15) is 0 Å². The lowest BCUT2D eigenvalue weighted by atomic mass is 9.87. The van der Waals surface area contributed by atoms with Crippen LogP contribution >= 0.6 is 0 Å². The zero-order valence-electron chi connectivity index (χ0n) is 11.4. The Balaban J connectivity index is 1.67. The van der Waals surface area contributed by atoms with Gasteiger partial charge >= 0.3 is 0 Å². The molecule has 0 aliphatic heterocycles. The van der Waals surface area contributed by atoms with E-state index in [1.165, 1.54) is 12.1 Å². The van der Waals surface area contributed by atoms with Crippen molar-refractivity contribution >= 4 is 11.6 Å². The molecule has 1 aliphatic rings. The number of anilines is 1. The van der Waals surface area contributed by atoms with Crippen molar-refractivity contribution in [2.75, 3.05) is 18.4 Å². The minimum absolute atomic E-state index is 0.188. The lowest BCUT2D eigenvalue weighted by Gasteiger charge is -2.25. The van der Waals surface area contributed by atoms with Crippen LogP contribution in [0.1, 0.15) is 25.7 Å². The molecule has 5 heteroatoms. The molecule has 110 valence electrons. The van der Waals surface area contributed by atoms with E-state index >= 15 is 0 Å². The maximum Gasteiger partial charge on any atom is 0.238 e. The van der Waals surface area contributed by atoms with Gasteiger partial charge in [0.25, 0.3) is 0 Å². The van der Waals surface area contributed by atoms with Crippen molar-refractivity contribution in [1.82, 2.24) is 5.32 Å². The van der Waals surface area contributed by atoms with Gasteiger partial charge in [0.1, 0.15) is 5.82 Å². The quantitative estimate of drug-likeness (QED) is 0.772. The third-order valence-electron chi connectivity index (χ3n) is 3.58. The van der Waals surface area contributed by atoms with Crippen molar-refractivity contribution < 1.29 is 14.3 Å². The Morgan fingerprint density at radius 1 is 1.40 bits per heavy atom. The number of halogens is 1. The summed E-state index contributed by atoms with van der Waals surface area (Å²) in [5.41, 5.74) is 0.463. The number of nitrogens with one attached hydrogen (secondary N) is 2. The number of rotatable bonds is 5. The van der Waals surface area contributed by atoms with E-state index < -0.39 is 0 Å². The molecule has 0 bridgehead atoms. The van der Waals surface area contributed by atoms with E-state index in [9.17, 15) is 14.3 Å². The first kappa shape index (κ1) is 14.9. The highest BCUT2D eigenvalue weighted by Crippen LogP contribution is 2.23. The van der Waals surface area contributed by atoms with Gasteiger partial charge in [0.2, 0.25) is 5.91 Å². The summed E-state index contributed by atoms with van der Waals surface area (Å²) in [7, 11) is 0. The van der Waals surface area contributed by atoms with Crippen LogP contribution in [0.2, 0.25) is 0 Å². The molecule has 1 aromatic carbocycles. The molecule has 0 aromatic heterocycles. The maximum absolute atomic E-state index is 13.0. The van der Waals surface area contributed by atoms with Gasteiger partial charge < -0.3 is 15.7 Å². The summed E-state index contributed by atoms with van der Waals surface area (Å²) < 4.78 is 13.0. The molecular weight excluding hydrogens is 259 g/mol. The van der Waals surface area contributed by atoms with Crippen molar-refractivity contribution in [1.29, 1.82) is 0 Å². The SMILES string of the molecule is O=C(CNCC1CCCC(O)C1)Nc1cccc(F)c1. The van der Waals surface area contributed by atoms with Gasteiger partial charge in [0, 0.05) is 5.69 Å². The molecule has 1 aromatic rings. The van der Waals surface area contributed by atoms with Crippen LogP contribution in [-0.4, -0.2) is 30.2 Å². The highest BCUT2D eigenvalue weighted by atomic mass is 19.1. The van der Waals surface area contributed by atoms with Crippen LogP contribution in [0.3, 0.4) is 0 Å². The monoisotopic (exact) mass is 280 g/mol. The first-order valence-corrected chi connectivity index (χ1v) is 7.07. The van der Waals surface area contributed by atoms with Crippen LogP contribution < -0.4 is 10.6 Å². The third-order valence-corrected chi connectivity index (χ3v) is 3.58. The summed E-state index contributed by atoms with van der Waals surface area (Å²) in [6, 6.07) is 5.83. The number of carbonyl (C=O) groups excluding carboxylic acids is 1. The second-order valence-corrected chi connectivity index (χ2v) is 5.38. The molecule has 1 fully saturated rings. The average molecular weight is 280 g/mol. The van der Waals surface area contributed by atoms with E-state index in [1.807, 2.05) is 0 Å². The van der Waals surface area contributed by atoms with E-state index in [1.54, 1.807) is 12.1 Å². The molecule has 2 unspecified atom stereocenters. The number of amides is 1. The number of hydrogen-bond acceptors (Lipinski definition) is 3. The summed E-state index contributed by atoms with van der Waals surface area (Å²) in [5, 5.41) is 15.3. The third kappa shape index (κ3) is 4.90. The second-order valence-electron chi connectivity index (χ2n) is 5.38. The summed E-state index contributed by atoms with van der Waals surface area (Å²) in [6.45, 7) is 0.927. The molecule has 20 heavy (non-hydrogen) atoms. The van der Waals surface area contributed by atoms with E-state index in [0.717, 1.165) is 32.2 Å². The van der Waals surface area contributed by atoms with Gasteiger partial charge in [-0.1, -0.05) is 12.5 Å². The van der Waals surface area contributed by atoms with Crippen LogP contribution in [0.5, 0.6) is 0 Å². The highest BCUT2D eigenvalue weighted by Gasteiger charge is 2.19. The smallest absolute Gasteiger partial charge is 0.238 e. The molecular formula is C15H21FN2O2. The molecule has 0 spiro atoms. The zero-order valence-corrected chi connectivity index (χ0v) is 11.4. The average Bonchev–Trinajstić information content (AvgIpc) is 2.38. The van der Waals surface area contributed by atoms with Crippen molar-refractivity contribution in [3.63, 3.8) is 0 Å². The normalized spacial score (nSPS) is 22.5. The van der Waals surface area contributed by atoms with Crippen LogP contribution in [0.4, 0.5) is 10.1 Å². The fourth-order valence-corrected chi connectivity index (χ4v) is 2.61. The predicted molar refractivity (Wildman–Crippen MR) is 75.9 cm³/mol. The molecule has 0 radical (unpaired) electrons. The molecule has 3 N–H and O–H groups in total. The van der Waals surface area contributed by atoms with E-state index in [2.05, 4.69) is 10.6 Å². The standard InChI is InChI=1S/C15H21FN2O2/c16-12-4-2-5-13(8-12)18-15(20)10-17-9-11-3-1-6-14(19)7-11/h2,4-5,8,11,14,17,19H,1,3,6-7,9-10H2,(H,18,20). The molecule has 2 rings (SSSR count). The number of aliphatic hydroxyl groups excluding tert-OH is 1. The van der Waals surface area contributed by atoms with E-state index in [-0.39, 0.29) is 24.4 Å². The van der Waals surface area contributed by atoms with Crippen LogP contribution in [0.25, 0.3) is 0 Å². The van der Waals surface area contributed by atoms with Crippen LogP contribution in [0.15, 0.2) is 24.3 Å². The van der Waals surface area contributed by atoms with Gasteiger partial charge in [-0.05, 0) is 49.9 Å². The predicted octanol–water partition coefficient (Wildman–Crippen LogP) is 1.90. The van der Waals surface area contributed by atoms with Gasteiger partial charge in [-0.15, -0.1) is 0 Å². The fraction of sp³-hybridized carbons (Fsp3) is 0.533. The summed E-state index contributed by atoms with van der Waals surface area (Å²) in [5.74, 6) is -0.125. The first-order valence-electron chi connectivity index (χ1n) is 7.07. The van der Waals surface area contributed by atoms with Gasteiger partial charge in [0.15, 0.2) is 0 Å². The Morgan fingerprint density at radius 3 is 3.00 bits per heavy atom. The summed E-state index contributed by atoms with van der Waals surface area (Å²) in [4.78, 5) is 11.7. The molecule has 0 heterocycles. The van der Waals surface area contributed by atoms with E-state index in [0.29, 0.717) is 11.6 Å². The minimum atomic E-state index is -0.369. The summed E-state index contributed by atoms with van der Waals surface area (Å²) >= 11 is 0. The Morgan fingerprint density at radius 2 is 2.25 bits per heavy atom. The molecule has 1 aliphatic carbocycles. The number of hydrogen-bond donors (Lipinski definition) is 3. The largest absolute Gasteiger partial charge is 0.393 e. The van der Waals surface area contributed by atoms with Crippen molar-refractivity contribution in [2.45, 2.75) is 31.8 Å². The maximum atomic E-state index is 13.0. The Labute approximate surface area is 118 Å². The lowest BCUT2D eigenvalue weighted by molar-refractivity contribution is -0.115. The summed E-state index contributed by atoms with van der Waals surface area (Å²) in [6.07, 6.45) is 3.63. The Kier molecular flexibility index (Phi) is 5.49. The molecule has 1 amide bonds. The topological polar surface area (TPSA) is 61.4 Å². The zero-order chi connectivity index (χ0) is 14.4. The van der Waals surface area contributed by atoms with Crippen LogP contribution in [0, 0.1) is 11.7 Å². The lowest BCUT2D eigenvalue weighted by Crippen LogP contribution is -2.34. The van der Waals surface area contributed by atoms with Gasteiger partial charge in [-0.25, -0.2) is 4.39 Å². The van der Waals surface area contributed by atoms with Crippen molar-refractivity contribution in [3.05, 3.63) is 30.1 Å². The Hall–Kier alpha value is -1.46. The van der Waals surface area contributed by atoms with Gasteiger partial charge in [0.05, 0.1) is 12.6 Å². The fourth-order valence-electron chi connectivity index (χ4n) is 2.61. The number of carbonyl (C=O) groups is 1. The molecule has 4 nitrogen and oxygen atoms in total. The molecule has 2 atom stereocenters. The van der Waals surface area contributed by atoms with Crippen molar-refractivity contribution in [3.8, 4) is 0 Å². The highest BCUT2D eigenvalue weighted by molar-refractivity contribution is 5.92. The second kappa shape index (κ2) is 7.36. The number of benzene rings is 1. The molecule has 0 saturated heterocycles. The van der Waals surface area contributed by atoms with Crippen LogP contribution in [-0.2, 0) is 4.79 Å². The molecule has 1 saturated carbocycles.